The smallest absolute Gasteiger partial charge is 0.0867 e. The number of methoxy groups -OCH3 is 1. The Hall–Kier alpha value is -0.860. The fourth-order valence-electron chi connectivity index (χ4n) is 2.97. The van der Waals surface area contributed by atoms with Crippen LogP contribution in [0.15, 0.2) is 18.2 Å². The molecule has 1 aromatic rings. The Morgan fingerprint density at radius 1 is 1.11 bits per heavy atom. The summed E-state index contributed by atoms with van der Waals surface area (Å²) in [6.07, 6.45) is 2.00. The lowest BCUT2D eigenvalue weighted by molar-refractivity contribution is -0.0468. The molecular formula is C16H27NO. The van der Waals surface area contributed by atoms with Gasteiger partial charge in [0.05, 0.1) is 11.6 Å². The summed E-state index contributed by atoms with van der Waals surface area (Å²) in [7, 11) is 3.83. The van der Waals surface area contributed by atoms with Crippen LogP contribution in [0.4, 0.5) is 0 Å². The van der Waals surface area contributed by atoms with Crippen molar-refractivity contribution >= 4 is 0 Å². The molecule has 0 fully saturated rings. The second kappa shape index (κ2) is 6.35. The Morgan fingerprint density at radius 2 is 1.61 bits per heavy atom. The quantitative estimate of drug-likeness (QED) is 0.828. The highest BCUT2D eigenvalue weighted by Gasteiger charge is 2.36. The molecule has 0 spiro atoms. The third-order valence-electron chi connectivity index (χ3n) is 4.00. The predicted octanol–water partition coefficient (Wildman–Crippen LogP) is 3.77. The van der Waals surface area contributed by atoms with Gasteiger partial charge in [-0.2, -0.15) is 0 Å². The summed E-state index contributed by atoms with van der Waals surface area (Å²) in [4.78, 5) is 0. The molecule has 2 heteroatoms. The maximum absolute atomic E-state index is 5.86. The second-order valence-electron chi connectivity index (χ2n) is 5.12. The van der Waals surface area contributed by atoms with Crippen molar-refractivity contribution in [3.05, 3.63) is 34.9 Å². The van der Waals surface area contributed by atoms with Gasteiger partial charge in [0.15, 0.2) is 0 Å². The number of rotatable bonds is 6. The molecule has 0 saturated heterocycles. The van der Waals surface area contributed by atoms with Crippen LogP contribution < -0.4 is 5.32 Å². The molecule has 1 rings (SSSR count). The number of nitrogens with one attached hydrogen (secondary N) is 1. The van der Waals surface area contributed by atoms with Gasteiger partial charge in [0.25, 0.3) is 0 Å². The Balaban J connectivity index is 3.22. The lowest BCUT2D eigenvalue weighted by Gasteiger charge is -2.39. The van der Waals surface area contributed by atoms with Crippen molar-refractivity contribution in [2.75, 3.05) is 14.2 Å². The molecule has 1 atom stereocenters. The lowest BCUT2D eigenvalue weighted by atomic mass is 9.83. The lowest BCUT2D eigenvalue weighted by Crippen LogP contribution is -2.43. The molecule has 0 radical (unpaired) electrons. The van der Waals surface area contributed by atoms with E-state index < -0.39 is 0 Å². The standard InChI is InChI=1S/C16H27NO/c1-7-16(8-2,18-6)15(17-5)14-10-12(3)9-13(4)11-14/h9-11,15,17H,7-8H2,1-6H3. The average Bonchev–Trinajstić information content (AvgIpc) is 2.35. The summed E-state index contributed by atoms with van der Waals surface area (Å²) in [5.41, 5.74) is 3.81. The van der Waals surface area contributed by atoms with Crippen LogP contribution in [0.1, 0.15) is 49.4 Å². The molecule has 1 aromatic carbocycles. The molecule has 18 heavy (non-hydrogen) atoms. The number of hydrogen-bond acceptors (Lipinski definition) is 2. The highest BCUT2D eigenvalue weighted by molar-refractivity contribution is 5.32. The monoisotopic (exact) mass is 249 g/mol. The zero-order valence-corrected chi connectivity index (χ0v) is 12.6. The van der Waals surface area contributed by atoms with E-state index in [1.54, 1.807) is 0 Å². The van der Waals surface area contributed by atoms with Crippen LogP contribution in [0, 0.1) is 13.8 Å². The first kappa shape index (κ1) is 15.2. The SMILES string of the molecule is CCC(CC)(OC)C(NC)c1cc(C)cc(C)c1. The van der Waals surface area contributed by atoms with E-state index >= 15 is 0 Å². The second-order valence-corrected chi connectivity index (χ2v) is 5.12. The van der Waals surface area contributed by atoms with E-state index in [0.717, 1.165) is 12.8 Å². The van der Waals surface area contributed by atoms with E-state index in [-0.39, 0.29) is 11.6 Å². The minimum Gasteiger partial charge on any atom is -0.376 e. The van der Waals surface area contributed by atoms with E-state index in [0.29, 0.717) is 0 Å². The van der Waals surface area contributed by atoms with E-state index in [2.05, 4.69) is 51.2 Å². The minimum atomic E-state index is -0.130. The maximum Gasteiger partial charge on any atom is 0.0867 e. The predicted molar refractivity (Wildman–Crippen MR) is 78.0 cm³/mol. The fourth-order valence-corrected chi connectivity index (χ4v) is 2.97. The van der Waals surface area contributed by atoms with Gasteiger partial charge in [0.2, 0.25) is 0 Å². The molecule has 1 N–H and O–H groups in total. The normalized spacial score (nSPS) is 13.7. The van der Waals surface area contributed by atoms with Crippen LogP contribution in [0.2, 0.25) is 0 Å². The molecule has 0 aliphatic rings. The Labute approximate surface area is 112 Å². The van der Waals surface area contributed by atoms with Crippen LogP contribution >= 0.6 is 0 Å². The highest BCUT2D eigenvalue weighted by atomic mass is 16.5. The van der Waals surface area contributed by atoms with Gasteiger partial charge in [-0.1, -0.05) is 43.2 Å². The largest absolute Gasteiger partial charge is 0.376 e. The number of likely N-dealkylation sites (N-methyl/N-ethyl adjacent to an activating group) is 1. The molecule has 0 heterocycles. The van der Waals surface area contributed by atoms with Gasteiger partial charge in [0, 0.05) is 7.11 Å². The molecule has 0 amide bonds. The van der Waals surface area contributed by atoms with Crippen LogP contribution in [0.5, 0.6) is 0 Å². The van der Waals surface area contributed by atoms with Crippen LogP contribution in [0.25, 0.3) is 0 Å². The molecule has 2 nitrogen and oxygen atoms in total. The minimum absolute atomic E-state index is 0.130. The Kier molecular flexibility index (Phi) is 5.36. The number of hydrogen-bond donors (Lipinski definition) is 1. The Bertz CT molecular complexity index is 354. The van der Waals surface area contributed by atoms with Gasteiger partial charge in [-0.25, -0.2) is 0 Å². The van der Waals surface area contributed by atoms with Gasteiger partial charge < -0.3 is 10.1 Å². The van der Waals surface area contributed by atoms with Crippen LogP contribution in [-0.2, 0) is 4.74 Å². The molecule has 0 aliphatic heterocycles. The van der Waals surface area contributed by atoms with Crippen molar-refractivity contribution in [1.29, 1.82) is 0 Å². The molecule has 102 valence electrons. The van der Waals surface area contributed by atoms with Gasteiger partial charge >= 0.3 is 0 Å². The van der Waals surface area contributed by atoms with Crippen molar-refractivity contribution in [3.8, 4) is 0 Å². The summed E-state index contributed by atoms with van der Waals surface area (Å²) >= 11 is 0. The molecule has 0 aromatic heterocycles. The summed E-state index contributed by atoms with van der Waals surface area (Å²) in [6, 6.07) is 6.96. The van der Waals surface area contributed by atoms with E-state index in [4.69, 9.17) is 4.74 Å². The molecule has 0 aliphatic carbocycles. The van der Waals surface area contributed by atoms with Crippen molar-refractivity contribution in [2.24, 2.45) is 0 Å². The first-order valence-electron chi connectivity index (χ1n) is 6.83. The summed E-state index contributed by atoms with van der Waals surface area (Å²) in [6.45, 7) is 8.69. The van der Waals surface area contributed by atoms with Crippen molar-refractivity contribution < 1.29 is 4.74 Å². The Morgan fingerprint density at radius 3 is 1.94 bits per heavy atom. The third-order valence-corrected chi connectivity index (χ3v) is 4.00. The maximum atomic E-state index is 5.86. The molecule has 0 saturated carbocycles. The van der Waals surface area contributed by atoms with Gasteiger partial charge in [-0.05, 0) is 39.3 Å². The average molecular weight is 249 g/mol. The van der Waals surface area contributed by atoms with Crippen molar-refractivity contribution in [3.63, 3.8) is 0 Å². The van der Waals surface area contributed by atoms with Gasteiger partial charge in [-0.15, -0.1) is 0 Å². The third kappa shape index (κ3) is 2.93. The number of aryl methyl sites for hydroxylation is 2. The first-order chi connectivity index (χ1) is 8.52. The number of benzene rings is 1. The number of ether oxygens (including phenoxy) is 1. The first-order valence-corrected chi connectivity index (χ1v) is 6.83. The molecular weight excluding hydrogens is 222 g/mol. The van der Waals surface area contributed by atoms with Gasteiger partial charge in [0.1, 0.15) is 0 Å². The van der Waals surface area contributed by atoms with Gasteiger partial charge in [-0.3, -0.25) is 0 Å². The summed E-state index contributed by atoms with van der Waals surface area (Å²) in [5, 5.41) is 3.44. The van der Waals surface area contributed by atoms with Crippen LogP contribution in [-0.4, -0.2) is 19.8 Å². The van der Waals surface area contributed by atoms with E-state index in [1.807, 2.05) is 14.2 Å². The van der Waals surface area contributed by atoms with Crippen molar-refractivity contribution in [2.45, 2.75) is 52.2 Å². The summed E-state index contributed by atoms with van der Waals surface area (Å²) < 4.78 is 5.86. The zero-order valence-electron chi connectivity index (χ0n) is 12.6. The fraction of sp³-hybridized carbons (Fsp3) is 0.625. The topological polar surface area (TPSA) is 21.3 Å². The van der Waals surface area contributed by atoms with Crippen LogP contribution in [0.3, 0.4) is 0 Å². The molecule has 0 bridgehead atoms. The van der Waals surface area contributed by atoms with Crippen molar-refractivity contribution in [1.82, 2.24) is 5.32 Å². The highest BCUT2D eigenvalue weighted by Crippen LogP contribution is 2.35. The van der Waals surface area contributed by atoms with E-state index in [9.17, 15) is 0 Å². The molecule has 1 unspecified atom stereocenters. The summed E-state index contributed by atoms with van der Waals surface area (Å²) in [5.74, 6) is 0. The zero-order chi connectivity index (χ0) is 13.8. The van der Waals surface area contributed by atoms with E-state index in [1.165, 1.54) is 16.7 Å².